The van der Waals surface area contributed by atoms with E-state index in [-0.39, 0.29) is 12.6 Å². The summed E-state index contributed by atoms with van der Waals surface area (Å²) in [6, 6.07) is 13.7. The Kier molecular flexibility index (Phi) is 6.29. The standard InChI is InChI=1S/C20H25N3O5S/c1-15(16-9-10-18-19(13-16)28-12-11-27-18)21-20(24)14-23(29(25,26)22(2)3)17-7-5-4-6-8-17/h4-10,13,15H,11-12,14H2,1-3H3,(H,21,24)/t15-/m1/s1. The summed E-state index contributed by atoms with van der Waals surface area (Å²) in [6.45, 7) is 2.48. The van der Waals surface area contributed by atoms with Crippen LogP contribution in [0.25, 0.3) is 0 Å². The Hall–Kier alpha value is -2.78. The molecule has 156 valence electrons. The lowest BCUT2D eigenvalue weighted by molar-refractivity contribution is -0.120. The molecule has 2 aromatic carbocycles. The Morgan fingerprint density at radius 2 is 1.72 bits per heavy atom. The SMILES string of the molecule is C[C@@H](NC(=O)CN(c1ccccc1)S(=O)(=O)N(C)C)c1ccc2c(c1)OCCO2. The third-order valence-corrected chi connectivity index (χ3v) is 6.33. The third-order valence-electron chi connectivity index (χ3n) is 4.52. The molecule has 0 saturated heterocycles. The lowest BCUT2D eigenvalue weighted by atomic mass is 10.1. The molecule has 1 aliphatic heterocycles. The minimum absolute atomic E-state index is 0.334. The second-order valence-electron chi connectivity index (χ2n) is 6.82. The molecule has 1 N–H and O–H groups in total. The van der Waals surface area contributed by atoms with Crippen LogP contribution in [0, 0.1) is 0 Å². The van der Waals surface area contributed by atoms with Gasteiger partial charge >= 0.3 is 10.2 Å². The van der Waals surface area contributed by atoms with Gasteiger partial charge in [-0.1, -0.05) is 24.3 Å². The van der Waals surface area contributed by atoms with Gasteiger partial charge in [-0.2, -0.15) is 12.7 Å². The predicted octanol–water partition coefficient (Wildman–Crippen LogP) is 1.95. The van der Waals surface area contributed by atoms with Gasteiger partial charge in [0.15, 0.2) is 11.5 Å². The van der Waals surface area contributed by atoms with Crippen LogP contribution in [0.5, 0.6) is 11.5 Å². The Morgan fingerprint density at radius 1 is 1.07 bits per heavy atom. The minimum Gasteiger partial charge on any atom is -0.486 e. The van der Waals surface area contributed by atoms with Crippen LogP contribution in [-0.4, -0.2) is 52.5 Å². The average molecular weight is 420 g/mol. The van der Waals surface area contributed by atoms with Crippen molar-refractivity contribution in [1.29, 1.82) is 0 Å². The molecule has 1 atom stereocenters. The molecular formula is C20H25N3O5S. The van der Waals surface area contributed by atoms with E-state index >= 15 is 0 Å². The molecule has 0 saturated carbocycles. The number of amides is 1. The maximum atomic E-state index is 12.7. The highest BCUT2D eigenvalue weighted by Crippen LogP contribution is 2.32. The molecule has 0 unspecified atom stereocenters. The van der Waals surface area contributed by atoms with Crippen LogP contribution < -0.4 is 19.1 Å². The van der Waals surface area contributed by atoms with Gasteiger partial charge in [0, 0.05) is 14.1 Å². The number of hydrogen-bond donors (Lipinski definition) is 1. The van der Waals surface area contributed by atoms with Crippen molar-refractivity contribution < 1.29 is 22.7 Å². The van der Waals surface area contributed by atoms with Gasteiger partial charge in [-0.3, -0.25) is 4.79 Å². The van der Waals surface area contributed by atoms with Crippen LogP contribution in [0.2, 0.25) is 0 Å². The van der Waals surface area contributed by atoms with E-state index in [2.05, 4.69) is 5.32 Å². The van der Waals surface area contributed by atoms with Crippen LogP contribution in [0.1, 0.15) is 18.5 Å². The van der Waals surface area contributed by atoms with Gasteiger partial charge in [-0.15, -0.1) is 0 Å². The fourth-order valence-electron chi connectivity index (χ4n) is 2.93. The average Bonchev–Trinajstić information content (AvgIpc) is 2.72. The molecule has 0 bridgehead atoms. The van der Waals surface area contributed by atoms with E-state index in [4.69, 9.17) is 9.47 Å². The zero-order chi connectivity index (χ0) is 21.0. The summed E-state index contributed by atoms with van der Waals surface area (Å²) in [4.78, 5) is 12.7. The van der Waals surface area contributed by atoms with E-state index in [1.54, 1.807) is 36.4 Å². The minimum atomic E-state index is -3.83. The maximum Gasteiger partial charge on any atom is 0.304 e. The molecule has 8 nitrogen and oxygen atoms in total. The molecule has 0 aliphatic carbocycles. The Bertz CT molecular complexity index is 963. The topological polar surface area (TPSA) is 88.2 Å². The van der Waals surface area contributed by atoms with Gasteiger partial charge in [0.1, 0.15) is 19.8 Å². The molecule has 0 radical (unpaired) electrons. The van der Waals surface area contributed by atoms with Crippen molar-refractivity contribution in [2.75, 3.05) is 38.2 Å². The lowest BCUT2D eigenvalue weighted by Gasteiger charge is -2.27. The van der Waals surface area contributed by atoms with E-state index in [0.717, 1.165) is 14.2 Å². The first-order valence-corrected chi connectivity index (χ1v) is 10.6. The first-order chi connectivity index (χ1) is 13.8. The number of ether oxygens (including phenoxy) is 2. The summed E-state index contributed by atoms with van der Waals surface area (Å²) >= 11 is 0. The number of nitrogens with zero attached hydrogens (tertiary/aromatic N) is 2. The smallest absolute Gasteiger partial charge is 0.304 e. The molecule has 2 aromatic rings. The summed E-state index contributed by atoms with van der Waals surface area (Å²) in [7, 11) is -0.967. The fourth-order valence-corrected chi connectivity index (χ4v) is 3.99. The van der Waals surface area contributed by atoms with Crippen LogP contribution in [0.4, 0.5) is 5.69 Å². The highest BCUT2D eigenvalue weighted by atomic mass is 32.2. The largest absolute Gasteiger partial charge is 0.486 e. The van der Waals surface area contributed by atoms with Crippen LogP contribution in [0.15, 0.2) is 48.5 Å². The summed E-state index contributed by atoms with van der Waals surface area (Å²) in [5, 5.41) is 2.85. The highest BCUT2D eigenvalue weighted by molar-refractivity contribution is 7.90. The van der Waals surface area contributed by atoms with Crippen LogP contribution in [0.3, 0.4) is 0 Å². The van der Waals surface area contributed by atoms with Gasteiger partial charge in [0.2, 0.25) is 5.91 Å². The molecule has 0 aromatic heterocycles. The number of rotatable bonds is 7. The fraction of sp³-hybridized carbons (Fsp3) is 0.350. The van der Waals surface area contributed by atoms with Crippen LogP contribution >= 0.6 is 0 Å². The van der Waals surface area contributed by atoms with Crippen molar-refractivity contribution >= 4 is 21.8 Å². The normalized spacial score (nSPS) is 14.3. The van der Waals surface area contributed by atoms with E-state index in [1.165, 1.54) is 14.1 Å². The molecule has 1 aliphatic rings. The molecule has 1 heterocycles. The molecular weight excluding hydrogens is 394 g/mol. The zero-order valence-electron chi connectivity index (χ0n) is 16.7. The van der Waals surface area contributed by atoms with E-state index < -0.39 is 16.1 Å². The van der Waals surface area contributed by atoms with Crippen molar-refractivity contribution in [3.8, 4) is 11.5 Å². The zero-order valence-corrected chi connectivity index (χ0v) is 17.5. The van der Waals surface area contributed by atoms with Crippen molar-refractivity contribution in [2.24, 2.45) is 0 Å². The number of hydrogen-bond acceptors (Lipinski definition) is 5. The third kappa shape index (κ3) is 4.80. The highest BCUT2D eigenvalue weighted by Gasteiger charge is 2.27. The van der Waals surface area contributed by atoms with E-state index in [9.17, 15) is 13.2 Å². The first kappa shape index (κ1) is 20.9. The second kappa shape index (κ2) is 8.71. The number of benzene rings is 2. The molecule has 29 heavy (non-hydrogen) atoms. The molecule has 9 heteroatoms. The number of carbonyl (C=O) groups excluding carboxylic acids is 1. The number of para-hydroxylation sites is 1. The molecule has 1 amide bonds. The van der Waals surface area contributed by atoms with E-state index in [0.29, 0.717) is 30.4 Å². The molecule has 3 rings (SSSR count). The number of fused-ring (bicyclic) bond motifs is 1. The Balaban J connectivity index is 1.75. The number of nitrogens with one attached hydrogen (secondary N) is 1. The molecule has 0 spiro atoms. The van der Waals surface area contributed by atoms with Gasteiger partial charge in [0.25, 0.3) is 0 Å². The summed E-state index contributed by atoms with van der Waals surface area (Å²) in [5.41, 5.74) is 1.26. The van der Waals surface area contributed by atoms with Gasteiger partial charge in [-0.05, 0) is 36.8 Å². The maximum absolute atomic E-state index is 12.7. The summed E-state index contributed by atoms with van der Waals surface area (Å²) in [5.74, 6) is 0.892. The quantitative estimate of drug-likeness (QED) is 0.741. The predicted molar refractivity (Wildman–Crippen MR) is 110 cm³/mol. The van der Waals surface area contributed by atoms with Gasteiger partial charge in [-0.25, -0.2) is 4.31 Å². The number of carbonyl (C=O) groups is 1. The summed E-state index contributed by atoms with van der Waals surface area (Å²) < 4.78 is 38.7. The first-order valence-electron chi connectivity index (χ1n) is 9.23. The van der Waals surface area contributed by atoms with Crippen molar-refractivity contribution in [3.63, 3.8) is 0 Å². The lowest BCUT2D eigenvalue weighted by Crippen LogP contribution is -2.46. The van der Waals surface area contributed by atoms with Crippen LogP contribution in [-0.2, 0) is 15.0 Å². The Labute approximate surface area is 171 Å². The van der Waals surface area contributed by atoms with Crippen molar-refractivity contribution in [3.05, 3.63) is 54.1 Å². The number of anilines is 1. The molecule has 0 fully saturated rings. The monoisotopic (exact) mass is 419 g/mol. The Morgan fingerprint density at radius 3 is 2.38 bits per heavy atom. The van der Waals surface area contributed by atoms with Gasteiger partial charge < -0.3 is 14.8 Å². The second-order valence-corrected chi connectivity index (χ2v) is 8.89. The van der Waals surface area contributed by atoms with Crippen molar-refractivity contribution in [1.82, 2.24) is 9.62 Å². The van der Waals surface area contributed by atoms with E-state index in [1.807, 2.05) is 19.1 Å². The summed E-state index contributed by atoms with van der Waals surface area (Å²) in [6.07, 6.45) is 0. The van der Waals surface area contributed by atoms with Crippen molar-refractivity contribution in [2.45, 2.75) is 13.0 Å². The van der Waals surface area contributed by atoms with Gasteiger partial charge in [0.05, 0.1) is 11.7 Å².